The van der Waals surface area contributed by atoms with Crippen LogP contribution in [0.2, 0.25) is 0 Å². The lowest BCUT2D eigenvalue weighted by Crippen LogP contribution is -2.37. The number of aliphatic hydroxyl groups is 1. The lowest BCUT2D eigenvalue weighted by atomic mass is 10.0. The molecule has 0 saturated heterocycles. The Kier molecular flexibility index (Phi) is 21.7. The van der Waals surface area contributed by atoms with E-state index in [0.29, 0.717) is 6.61 Å². The molecule has 0 heterocycles. The summed E-state index contributed by atoms with van der Waals surface area (Å²) in [6.07, 6.45) is 23.9. The number of hydrogen-bond donors (Lipinski definition) is 3. The average Bonchev–Trinajstić information content (AvgIpc) is 2.87. The third-order valence-corrected chi connectivity index (χ3v) is 6.48. The van der Waals surface area contributed by atoms with Gasteiger partial charge in [0.25, 0.3) is 0 Å². The fourth-order valence-electron chi connectivity index (χ4n) is 4.29. The monoisotopic (exact) mass is 490 g/mol. The van der Waals surface area contributed by atoms with Crippen LogP contribution in [0.3, 0.4) is 0 Å². The first-order chi connectivity index (χ1) is 17.2. The van der Waals surface area contributed by atoms with Crippen LogP contribution in [0.15, 0.2) is 30.3 Å². The van der Waals surface area contributed by atoms with Crippen LogP contribution in [0.4, 0.5) is 10.5 Å². The van der Waals surface area contributed by atoms with Gasteiger partial charge in [0.2, 0.25) is 0 Å². The zero-order valence-corrected chi connectivity index (χ0v) is 22.6. The number of carbonyl (C=O) groups is 1. The molecule has 0 radical (unpaired) electrons. The quantitative estimate of drug-likeness (QED) is 0.128. The SMILES string of the molecule is CCCCCCCCCCCCCCCCCCCCOCC(O)CNC(=O)Nc1ccccc1. The summed E-state index contributed by atoms with van der Waals surface area (Å²) in [5.41, 5.74) is 0.727. The molecule has 35 heavy (non-hydrogen) atoms. The number of anilines is 1. The van der Waals surface area contributed by atoms with E-state index >= 15 is 0 Å². The number of ether oxygens (including phenoxy) is 1. The second-order valence-electron chi connectivity index (χ2n) is 9.94. The topological polar surface area (TPSA) is 70.6 Å². The van der Waals surface area contributed by atoms with Gasteiger partial charge in [0, 0.05) is 18.8 Å². The van der Waals surface area contributed by atoms with Crippen molar-refractivity contribution in [3.8, 4) is 0 Å². The Morgan fingerprint density at radius 2 is 1.20 bits per heavy atom. The fourth-order valence-corrected chi connectivity index (χ4v) is 4.29. The first kappa shape index (κ1) is 31.4. The number of unbranched alkanes of at least 4 members (excludes halogenated alkanes) is 17. The Bertz CT molecular complexity index is 582. The Morgan fingerprint density at radius 1 is 0.743 bits per heavy atom. The van der Waals surface area contributed by atoms with E-state index in [-0.39, 0.29) is 19.2 Å². The van der Waals surface area contributed by atoms with Crippen molar-refractivity contribution >= 4 is 11.7 Å². The van der Waals surface area contributed by atoms with Crippen molar-refractivity contribution in [3.63, 3.8) is 0 Å². The average molecular weight is 491 g/mol. The largest absolute Gasteiger partial charge is 0.389 e. The molecule has 0 aliphatic carbocycles. The molecule has 0 aliphatic heterocycles. The number of carbonyl (C=O) groups excluding carboxylic acids is 1. The van der Waals surface area contributed by atoms with Gasteiger partial charge in [-0.15, -0.1) is 0 Å². The number of urea groups is 1. The van der Waals surface area contributed by atoms with Gasteiger partial charge in [-0.25, -0.2) is 4.79 Å². The Labute approximate surface area is 215 Å². The summed E-state index contributed by atoms with van der Waals surface area (Å²) in [7, 11) is 0. The lowest BCUT2D eigenvalue weighted by Gasteiger charge is -2.13. The molecule has 0 fully saturated rings. The number of para-hydroxylation sites is 1. The van der Waals surface area contributed by atoms with Crippen molar-refractivity contribution in [3.05, 3.63) is 30.3 Å². The van der Waals surface area contributed by atoms with E-state index in [1.165, 1.54) is 109 Å². The van der Waals surface area contributed by atoms with Gasteiger partial charge < -0.3 is 20.5 Å². The highest BCUT2D eigenvalue weighted by Crippen LogP contribution is 2.14. The normalized spacial score (nSPS) is 11.9. The van der Waals surface area contributed by atoms with E-state index in [1.54, 1.807) is 0 Å². The second kappa shape index (κ2) is 24.1. The van der Waals surface area contributed by atoms with Crippen molar-refractivity contribution in [2.75, 3.05) is 25.1 Å². The van der Waals surface area contributed by atoms with Crippen LogP contribution in [-0.2, 0) is 4.74 Å². The summed E-state index contributed by atoms with van der Waals surface area (Å²) in [5.74, 6) is 0. The molecule has 1 unspecified atom stereocenters. The van der Waals surface area contributed by atoms with Crippen molar-refractivity contribution in [1.29, 1.82) is 0 Å². The molecule has 202 valence electrons. The van der Waals surface area contributed by atoms with Crippen LogP contribution in [0, 0.1) is 0 Å². The molecule has 3 N–H and O–H groups in total. The predicted octanol–water partition coefficient (Wildman–Crippen LogP) is 8.23. The van der Waals surface area contributed by atoms with E-state index in [1.807, 2.05) is 30.3 Å². The molecule has 0 saturated carbocycles. The molecule has 0 bridgehead atoms. The van der Waals surface area contributed by atoms with Gasteiger partial charge in [0.05, 0.1) is 12.7 Å². The van der Waals surface area contributed by atoms with Crippen LogP contribution in [0.25, 0.3) is 0 Å². The molecule has 2 amide bonds. The van der Waals surface area contributed by atoms with Gasteiger partial charge in [-0.2, -0.15) is 0 Å². The number of benzene rings is 1. The molecule has 5 nitrogen and oxygen atoms in total. The fraction of sp³-hybridized carbons (Fsp3) is 0.767. The van der Waals surface area contributed by atoms with Gasteiger partial charge in [0.15, 0.2) is 0 Å². The van der Waals surface area contributed by atoms with Crippen LogP contribution in [0.5, 0.6) is 0 Å². The van der Waals surface area contributed by atoms with E-state index in [2.05, 4.69) is 17.6 Å². The second-order valence-corrected chi connectivity index (χ2v) is 9.94. The van der Waals surface area contributed by atoms with Crippen LogP contribution >= 0.6 is 0 Å². The minimum atomic E-state index is -0.688. The highest BCUT2D eigenvalue weighted by molar-refractivity contribution is 5.89. The number of rotatable bonds is 24. The molecule has 5 heteroatoms. The zero-order valence-electron chi connectivity index (χ0n) is 22.6. The van der Waals surface area contributed by atoms with Gasteiger partial charge in [-0.05, 0) is 18.6 Å². The van der Waals surface area contributed by atoms with Gasteiger partial charge in [-0.3, -0.25) is 0 Å². The van der Waals surface area contributed by atoms with Crippen molar-refractivity contribution < 1.29 is 14.6 Å². The van der Waals surface area contributed by atoms with Gasteiger partial charge in [0.1, 0.15) is 0 Å². The summed E-state index contributed by atoms with van der Waals surface area (Å²) in [6, 6.07) is 8.93. The molecule has 0 aliphatic rings. The summed E-state index contributed by atoms with van der Waals surface area (Å²) < 4.78 is 5.55. The summed E-state index contributed by atoms with van der Waals surface area (Å²) >= 11 is 0. The Morgan fingerprint density at radius 3 is 1.69 bits per heavy atom. The van der Waals surface area contributed by atoms with Crippen molar-refractivity contribution in [1.82, 2.24) is 5.32 Å². The number of aliphatic hydroxyl groups excluding tert-OH is 1. The number of amides is 2. The molecule has 1 aromatic rings. The predicted molar refractivity (Wildman–Crippen MR) is 149 cm³/mol. The maximum absolute atomic E-state index is 11.8. The van der Waals surface area contributed by atoms with Gasteiger partial charge >= 0.3 is 6.03 Å². The van der Waals surface area contributed by atoms with E-state index in [4.69, 9.17) is 4.74 Å². The maximum Gasteiger partial charge on any atom is 0.319 e. The molecular weight excluding hydrogens is 436 g/mol. The highest BCUT2D eigenvalue weighted by Gasteiger charge is 2.07. The highest BCUT2D eigenvalue weighted by atomic mass is 16.5. The molecule has 0 aromatic heterocycles. The van der Waals surface area contributed by atoms with Crippen molar-refractivity contribution in [2.45, 2.75) is 129 Å². The van der Waals surface area contributed by atoms with Crippen LogP contribution in [-0.4, -0.2) is 37.0 Å². The minimum absolute atomic E-state index is 0.178. The Balaban J connectivity index is 1.75. The first-order valence-corrected chi connectivity index (χ1v) is 14.6. The third kappa shape index (κ3) is 21.4. The van der Waals surface area contributed by atoms with Crippen molar-refractivity contribution in [2.24, 2.45) is 0 Å². The van der Waals surface area contributed by atoms with E-state index in [0.717, 1.165) is 12.1 Å². The molecular formula is C30H54N2O3. The minimum Gasteiger partial charge on any atom is -0.389 e. The van der Waals surface area contributed by atoms with E-state index in [9.17, 15) is 9.90 Å². The summed E-state index contributed by atoms with van der Waals surface area (Å²) in [5, 5.41) is 15.3. The first-order valence-electron chi connectivity index (χ1n) is 14.6. The standard InChI is InChI=1S/C30H54N2O3/c1-2-3-4-5-6-7-8-9-10-11-12-13-14-15-16-17-18-22-25-35-27-29(33)26-31-30(34)32-28-23-20-19-21-24-28/h19-21,23-24,29,33H,2-18,22,25-27H2,1H3,(H2,31,32,34). The summed E-state index contributed by atoms with van der Waals surface area (Å²) in [4.78, 5) is 11.8. The Hall–Kier alpha value is -1.59. The van der Waals surface area contributed by atoms with Gasteiger partial charge in [-0.1, -0.05) is 134 Å². The molecule has 1 rings (SSSR count). The van der Waals surface area contributed by atoms with Crippen LogP contribution < -0.4 is 10.6 Å². The zero-order chi connectivity index (χ0) is 25.2. The molecule has 1 atom stereocenters. The lowest BCUT2D eigenvalue weighted by molar-refractivity contribution is 0.0368. The van der Waals surface area contributed by atoms with Crippen LogP contribution in [0.1, 0.15) is 122 Å². The maximum atomic E-state index is 11.8. The number of nitrogens with one attached hydrogen (secondary N) is 2. The smallest absolute Gasteiger partial charge is 0.319 e. The third-order valence-electron chi connectivity index (χ3n) is 6.48. The number of hydrogen-bond acceptors (Lipinski definition) is 3. The molecule has 1 aromatic carbocycles. The summed E-state index contributed by atoms with van der Waals surface area (Å²) in [6.45, 7) is 3.39. The van der Waals surface area contributed by atoms with E-state index < -0.39 is 6.10 Å². The molecule has 0 spiro atoms.